The smallest absolute Gasteiger partial charge is 0.241 e. The molecule has 1 aromatic rings. The van der Waals surface area contributed by atoms with Crippen molar-refractivity contribution in [3.8, 4) is 0 Å². The van der Waals surface area contributed by atoms with Crippen molar-refractivity contribution in [1.29, 1.82) is 0 Å². The molecule has 1 aromatic carbocycles. The van der Waals surface area contributed by atoms with E-state index < -0.39 is 0 Å². The van der Waals surface area contributed by atoms with Crippen molar-refractivity contribution in [3.63, 3.8) is 0 Å². The summed E-state index contributed by atoms with van der Waals surface area (Å²) in [6.07, 6.45) is 0. The van der Waals surface area contributed by atoms with Crippen LogP contribution in [0.3, 0.4) is 0 Å². The second-order valence-corrected chi connectivity index (χ2v) is 6.41. The minimum absolute atomic E-state index is 0.0817. The molecular formula is C15H22ClN3O2. The van der Waals surface area contributed by atoms with Crippen molar-refractivity contribution in [2.45, 2.75) is 32.4 Å². The summed E-state index contributed by atoms with van der Waals surface area (Å²) in [5.74, 6) is -0.0817. The van der Waals surface area contributed by atoms with Gasteiger partial charge in [0.1, 0.15) is 0 Å². The van der Waals surface area contributed by atoms with E-state index in [4.69, 9.17) is 22.1 Å². The second-order valence-electron chi connectivity index (χ2n) is 5.98. The van der Waals surface area contributed by atoms with Crippen LogP contribution in [0, 0.1) is 0 Å². The predicted octanol–water partition coefficient (Wildman–Crippen LogP) is 2.36. The number of hydrogen-bond acceptors (Lipinski definition) is 4. The number of rotatable bonds is 3. The highest BCUT2D eigenvalue weighted by molar-refractivity contribution is 6.31. The van der Waals surface area contributed by atoms with Crippen LogP contribution in [0.15, 0.2) is 18.2 Å². The number of anilines is 2. The first kappa shape index (κ1) is 16.1. The standard InChI is InChI=1S/C15H22ClN3O2/c1-10(19-6-7-21-15(2,3)9-19)14(20)18-13-5-4-11(16)8-12(13)17/h4-5,8,10H,6-7,9,17H2,1-3H3,(H,18,20). The average molecular weight is 312 g/mol. The molecule has 0 saturated carbocycles. The molecule has 1 aliphatic rings. The number of nitrogens with zero attached hydrogens (tertiary/aromatic N) is 1. The van der Waals surface area contributed by atoms with Crippen molar-refractivity contribution >= 4 is 28.9 Å². The van der Waals surface area contributed by atoms with Gasteiger partial charge in [0, 0.05) is 18.1 Å². The summed E-state index contributed by atoms with van der Waals surface area (Å²) >= 11 is 5.85. The molecule has 0 bridgehead atoms. The highest BCUT2D eigenvalue weighted by atomic mass is 35.5. The Morgan fingerprint density at radius 3 is 2.86 bits per heavy atom. The van der Waals surface area contributed by atoms with Crippen LogP contribution in [-0.4, -0.2) is 42.1 Å². The Balaban J connectivity index is 2.02. The third kappa shape index (κ3) is 4.09. The van der Waals surface area contributed by atoms with E-state index in [-0.39, 0.29) is 17.6 Å². The normalized spacial score (nSPS) is 20.0. The Morgan fingerprint density at radius 2 is 2.24 bits per heavy atom. The number of morpholine rings is 1. The van der Waals surface area contributed by atoms with Crippen LogP contribution < -0.4 is 11.1 Å². The number of benzene rings is 1. The van der Waals surface area contributed by atoms with Crippen LogP contribution in [0.1, 0.15) is 20.8 Å². The van der Waals surface area contributed by atoms with Gasteiger partial charge in [0.15, 0.2) is 0 Å². The number of halogens is 1. The van der Waals surface area contributed by atoms with Crippen molar-refractivity contribution in [1.82, 2.24) is 4.90 Å². The topological polar surface area (TPSA) is 67.6 Å². The van der Waals surface area contributed by atoms with Gasteiger partial charge in [0.25, 0.3) is 0 Å². The lowest BCUT2D eigenvalue weighted by Gasteiger charge is -2.40. The Bertz CT molecular complexity index is 534. The first-order valence-electron chi connectivity index (χ1n) is 7.02. The fraction of sp³-hybridized carbons (Fsp3) is 0.533. The van der Waals surface area contributed by atoms with Gasteiger partial charge in [-0.3, -0.25) is 9.69 Å². The number of nitrogens with two attached hydrogens (primary N) is 1. The number of amides is 1. The Morgan fingerprint density at radius 1 is 1.52 bits per heavy atom. The van der Waals surface area contributed by atoms with Gasteiger partial charge in [0.05, 0.1) is 29.6 Å². The maximum atomic E-state index is 12.4. The SMILES string of the molecule is CC(C(=O)Nc1ccc(Cl)cc1N)N1CCOC(C)(C)C1. The zero-order valence-electron chi connectivity index (χ0n) is 12.6. The number of carbonyl (C=O) groups excluding carboxylic acids is 1. The quantitative estimate of drug-likeness (QED) is 0.841. The Labute approximate surface area is 130 Å². The molecule has 0 spiro atoms. The van der Waals surface area contributed by atoms with Crippen molar-refractivity contribution in [2.24, 2.45) is 0 Å². The molecule has 1 amide bonds. The summed E-state index contributed by atoms with van der Waals surface area (Å²) in [6.45, 7) is 8.05. The molecular weight excluding hydrogens is 290 g/mol. The molecule has 0 aromatic heterocycles. The van der Waals surface area contributed by atoms with Crippen LogP contribution in [0.5, 0.6) is 0 Å². The van der Waals surface area contributed by atoms with Gasteiger partial charge in [-0.1, -0.05) is 11.6 Å². The highest BCUT2D eigenvalue weighted by Crippen LogP contribution is 2.24. The molecule has 116 valence electrons. The van der Waals surface area contributed by atoms with E-state index in [2.05, 4.69) is 10.2 Å². The molecule has 0 aliphatic carbocycles. The third-order valence-electron chi connectivity index (χ3n) is 3.65. The third-order valence-corrected chi connectivity index (χ3v) is 3.89. The van der Waals surface area contributed by atoms with Gasteiger partial charge < -0.3 is 15.8 Å². The number of carbonyl (C=O) groups is 1. The van der Waals surface area contributed by atoms with Crippen molar-refractivity contribution in [3.05, 3.63) is 23.2 Å². The fourth-order valence-electron chi connectivity index (χ4n) is 2.43. The van der Waals surface area contributed by atoms with E-state index >= 15 is 0 Å². The number of hydrogen-bond donors (Lipinski definition) is 2. The first-order valence-corrected chi connectivity index (χ1v) is 7.40. The van der Waals surface area contributed by atoms with Crippen LogP contribution in [0.2, 0.25) is 5.02 Å². The van der Waals surface area contributed by atoms with E-state index in [1.54, 1.807) is 18.2 Å². The van der Waals surface area contributed by atoms with Gasteiger partial charge in [-0.05, 0) is 39.0 Å². The zero-order chi connectivity index (χ0) is 15.6. The molecule has 5 nitrogen and oxygen atoms in total. The van der Waals surface area contributed by atoms with Gasteiger partial charge in [0.2, 0.25) is 5.91 Å². The summed E-state index contributed by atoms with van der Waals surface area (Å²) in [5, 5.41) is 3.41. The molecule has 1 heterocycles. The Kier molecular flexibility index (Phi) is 4.76. The summed E-state index contributed by atoms with van der Waals surface area (Å²) in [7, 11) is 0. The van der Waals surface area contributed by atoms with E-state index in [1.165, 1.54) is 0 Å². The van der Waals surface area contributed by atoms with E-state index in [1.807, 2.05) is 20.8 Å². The largest absolute Gasteiger partial charge is 0.397 e. The molecule has 6 heteroatoms. The monoisotopic (exact) mass is 311 g/mol. The average Bonchev–Trinajstić information content (AvgIpc) is 2.40. The first-order chi connectivity index (χ1) is 9.78. The van der Waals surface area contributed by atoms with Gasteiger partial charge in [-0.15, -0.1) is 0 Å². The summed E-state index contributed by atoms with van der Waals surface area (Å²) in [6, 6.07) is 4.80. The van der Waals surface area contributed by atoms with Gasteiger partial charge in [-0.2, -0.15) is 0 Å². The molecule has 1 saturated heterocycles. The maximum absolute atomic E-state index is 12.4. The molecule has 1 unspecified atom stereocenters. The van der Waals surface area contributed by atoms with Crippen molar-refractivity contribution < 1.29 is 9.53 Å². The van der Waals surface area contributed by atoms with Crippen LogP contribution in [-0.2, 0) is 9.53 Å². The number of ether oxygens (including phenoxy) is 1. The number of nitrogen functional groups attached to an aromatic ring is 1. The molecule has 1 fully saturated rings. The molecule has 21 heavy (non-hydrogen) atoms. The Hall–Kier alpha value is -1.30. The summed E-state index contributed by atoms with van der Waals surface area (Å²) in [4.78, 5) is 14.5. The highest BCUT2D eigenvalue weighted by Gasteiger charge is 2.32. The molecule has 3 N–H and O–H groups in total. The fourth-order valence-corrected chi connectivity index (χ4v) is 2.61. The molecule has 2 rings (SSSR count). The van der Waals surface area contributed by atoms with E-state index in [0.29, 0.717) is 23.0 Å². The zero-order valence-corrected chi connectivity index (χ0v) is 13.4. The van der Waals surface area contributed by atoms with Gasteiger partial charge >= 0.3 is 0 Å². The van der Waals surface area contributed by atoms with Crippen molar-refractivity contribution in [2.75, 3.05) is 30.7 Å². The molecule has 1 aliphatic heterocycles. The molecule has 1 atom stereocenters. The van der Waals surface area contributed by atoms with Crippen LogP contribution in [0.4, 0.5) is 11.4 Å². The number of nitrogens with one attached hydrogen (secondary N) is 1. The maximum Gasteiger partial charge on any atom is 0.241 e. The van der Waals surface area contributed by atoms with E-state index in [9.17, 15) is 4.79 Å². The lowest BCUT2D eigenvalue weighted by Crippen LogP contribution is -2.54. The van der Waals surface area contributed by atoms with E-state index in [0.717, 1.165) is 13.1 Å². The minimum Gasteiger partial charge on any atom is -0.397 e. The molecule has 0 radical (unpaired) electrons. The van der Waals surface area contributed by atoms with Gasteiger partial charge in [-0.25, -0.2) is 0 Å². The summed E-state index contributed by atoms with van der Waals surface area (Å²) in [5.41, 5.74) is 6.68. The lowest BCUT2D eigenvalue weighted by atomic mass is 10.1. The van der Waals surface area contributed by atoms with Crippen LogP contribution in [0.25, 0.3) is 0 Å². The second kappa shape index (κ2) is 6.22. The predicted molar refractivity (Wildman–Crippen MR) is 85.6 cm³/mol. The van der Waals surface area contributed by atoms with Crippen LogP contribution >= 0.6 is 11.6 Å². The minimum atomic E-state index is -0.247. The lowest BCUT2D eigenvalue weighted by molar-refractivity contribution is -0.129. The summed E-state index contributed by atoms with van der Waals surface area (Å²) < 4.78 is 5.67.